The number of halogens is 2. The minimum absolute atomic E-state index is 0.0389. The first-order chi connectivity index (χ1) is 19.0. The van der Waals surface area contributed by atoms with Crippen LogP contribution in [0.2, 0.25) is 0 Å². The summed E-state index contributed by atoms with van der Waals surface area (Å²) in [5.74, 6) is -2.45. The molecule has 0 unspecified atom stereocenters. The lowest BCUT2D eigenvalue weighted by Crippen LogP contribution is -2.60. The van der Waals surface area contributed by atoms with Crippen molar-refractivity contribution >= 4 is 29.7 Å². The van der Waals surface area contributed by atoms with Gasteiger partial charge in [0.25, 0.3) is 5.92 Å². The van der Waals surface area contributed by atoms with Gasteiger partial charge in [0.05, 0.1) is 19.0 Å². The van der Waals surface area contributed by atoms with E-state index >= 15 is 0 Å². The molecule has 218 valence electrons. The van der Waals surface area contributed by atoms with Crippen molar-refractivity contribution in [1.82, 2.24) is 29.7 Å². The van der Waals surface area contributed by atoms with Crippen molar-refractivity contribution in [2.45, 2.75) is 50.7 Å². The summed E-state index contributed by atoms with van der Waals surface area (Å²) >= 11 is 0. The van der Waals surface area contributed by atoms with Crippen molar-refractivity contribution in [3.63, 3.8) is 0 Å². The molecule has 2 N–H and O–H groups in total. The Balaban J connectivity index is 1.39. The molecule has 40 heavy (non-hydrogen) atoms. The molecule has 0 radical (unpaired) electrons. The van der Waals surface area contributed by atoms with Crippen LogP contribution in [0.3, 0.4) is 0 Å². The average Bonchev–Trinajstić information content (AvgIpc) is 2.91. The Labute approximate surface area is 231 Å². The fraction of sp³-hybridized carbons (Fsp3) is 0.600. The molecule has 2 aliphatic rings. The lowest BCUT2D eigenvalue weighted by molar-refractivity contribution is -0.0760. The molecule has 15 heteroatoms. The maximum atomic E-state index is 15.0. The number of anilines is 3. The Morgan fingerprint density at radius 1 is 1.10 bits per heavy atom. The standard InChI is InChI=1S/C25H35F2N9O4/c1-5-39-20-15-29-19(14-30-20)32-22(37)35(4)17-16-36(13-9-25(17,26)27)21-28-10-6-18(31-21)33-23(38)40-24(2)7-11-34(3)12-8-24/h6,10,14-15,17H,5,7-9,11-13,16H2,1-4H3,(H,29,32,37)(H,28,31,33,38)/t17-/m0/s1. The number of likely N-dealkylation sites (tertiary alicyclic amines) is 1. The molecule has 3 amide bonds. The summed E-state index contributed by atoms with van der Waals surface area (Å²) in [4.78, 5) is 46.6. The Morgan fingerprint density at radius 3 is 2.52 bits per heavy atom. The molecule has 0 spiro atoms. The van der Waals surface area contributed by atoms with E-state index < -0.39 is 36.1 Å². The summed E-state index contributed by atoms with van der Waals surface area (Å²) in [5.41, 5.74) is -0.583. The molecule has 2 aromatic heterocycles. The van der Waals surface area contributed by atoms with Crippen molar-refractivity contribution in [2.75, 3.05) is 62.4 Å². The Morgan fingerprint density at radius 2 is 1.85 bits per heavy atom. The SMILES string of the molecule is CCOc1cnc(NC(=O)N(C)[C@H]2CN(c3nccc(NC(=O)OC4(C)CCN(C)CC4)n3)CCC2(F)F)cn1. The van der Waals surface area contributed by atoms with Crippen LogP contribution < -0.4 is 20.3 Å². The molecule has 2 aromatic rings. The number of amides is 3. The van der Waals surface area contributed by atoms with Gasteiger partial charge in [-0.3, -0.25) is 10.6 Å². The highest BCUT2D eigenvalue weighted by atomic mass is 19.3. The van der Waals surface area contributed by atoms with Gasteiger partial charge < -0.3 is 24.2 Å². The zero-order chi connectivity index (χ0) is 28.9. The second-order valence-corrected chi connectivity index (χ2v) is 10.2. The van der Waals surface area contributed by atoms with Crippen molar-refractivity contribution < 1.29 is 27.8 Å². The van der Waals surface area contributed by atoms with E-state index in [9.17, 15) is 18.4 Å². The smallest absolute Gasteiger partial charge is 0.413 e. The highest BCUT2D eigenvalue weighted by Crippen LogP contribution is 2.33. The third-order valence-corrected chi connectivity index (χ3v) is 7.08. The molecule has 0 bridgehead atoms. The van der Waals surface area contributed by atoms with E-state index in [4.69, 9.17) is 9.47 Å². The highest BCUT2D eigenvalue weighted by Gasteiger charge is 2.48. The molecule has 4 rings (SSSR count). The quantitative estimate of drug-likeness (QED) is 0.517. The van der Waals surface area contributed by atoms with E-state index in [1.807, 2.05) is 14.0 Å². The molecular formula is C25H35F2N9O4. The Kier molecular flexibility index (Phi) is 8.81. The number of hydrogen-bond donors (Lipinski definition) is 2. The first-order valence-corrected chi connectivity index (χ1v) is 13.1. The monoisotopic (exact) mass is 563 g/mol. The largest absolute Gasteiger partial charge is 0.477 e. The number of rotatable bonds is 7. The summed E-state index contributed by atoms with van der Waals surface area (Å²) in [6, 6.07) is -0.757. The van der Waals surface area contributed by atoms with Crippen LogP contribution in [0, 0.1) is 0 Å². The second kappa shape index (κ2) is 12.1. The topological polar surface area (TPSA) is 138 Å². The third-order valence-electron chi connectivity index (χ3n) is 7.08. The molecule has 1 atom stereocenters. The van der Waals surface area contributed by atoms with Gasteiger partial charge in [-0.05, 0) is 39.8 Å². The number of ether oxygens (including phenoxy) is 2. The van der Waals surface area contributed by atoms with Gasteiger partial charge in [0.15, 0.2) is 5.82 Å². The van der Waals surface area contributed by atoms with Crippen molar-refractivity contribution in [3.05, 3.63) is 24.7 Å². The Hall–Kier alpha value is -3.88. The fourth-order valence-electron chi connectivity index (χ4n) is 4.53. The predicted octanol–water partition coefficient (Wildman–Crippen LogP) is 3.08. The van der Waals surface area contributed by atoms with Crippen LogP contribution in [0.15, 0.2) is 24.7 Å². The Bertz CT molecular complexity index is 1180. The molecule has 2 aliphatic heterocycles. The molecule has 0 aliphatic carbocycles. The second-order valence-electron chi connectivity index (χ2n) is 10.2. The van der Waals surface area contributed by atoms with E-state index in [-0.39, 0.29) is 36.6 Å². The minimum Gasteiger partial charge on any atom is -0.477 e. The van der Waals surface area contributed by atoms with Gasteiger partial charge >= 0.3 is 12.1 Å². The zero-order valence-corrected chi connectivity index (χ0v) is 23.1. The summed E-state index contributed by atoms with van der Waals surface area (Å²) < 4.78 is 40.8. The molecule has 2 saturated heterocycles. The molecular weight excluding hydrogens is 528 g/mol. The minimum atomic E-state index is -3.16. The van der Waals surface area contributed by atoms with Crippen LogP contribution in [-0.4, -0.2) is 106 Å². The van der Waals surface area contributed by atoms with E-state index in [0.29, 0.717) is 19.4 Å². The van der Waals surface area contributed by atoms with Crippen LogP contribution in [0.4, 0.5) is 36.0 Å². The number of carbonyl (C=O) groups excluding carboxylic acids is 2. The molecule has 0 saturated carbocycles. The number of urea groups is 1. The van der Waals surface area contributed by atoms with E-state index in [0.717, 1.165) is 18.0 Å². The number of carbonyl (C=O) groups is 2. The predicted molar refractivity (Wildman–Crippen MR) is 143 cm³/mol. The summed E-state index contributed by atoms with van der Waals surface area (Å²) in [7, 11) is 3.31. The normalized spacial score (nSPS) is 20.4. The average molecular weight is 564 g/mol. The first kappa shape index (κ1) is 29.1. The summed E-state index contributed by atoms with van der Waals surface area (Å²) in [6.45, 7) is 5.47. The molecule has 4 heterocycles. The number of aromatic nitrogens is 4. The van der Waals surface area contributed by atoms with Crippen LogP contribution in [0.5, 0.6) is 5.88 Å². The van der Waals surface area contributed by atoms with Crippen LogP contribution in [-0.2, 0) is 4.74 Å². The van der Waals surface area contributed by atoms with Crippen molar-refractivity contribution in [2.24, 2.45) is 0 Å². The summed E-state index contributed by atoms with van der Waals surface area (Å²) in [6.07, 6.45) is 4.30. The van der Waals surface area contributed by atoms with Gasteiger partial charge in [-0.1, -0.05) is 0 Å². The third kappa shape index (κ3) is 7.20. The van der Waals surface area contributed by atoms with Gasteiger partial charge in [0, 0.05) is 45.8 Å². The maximum absolute atomic E-state index is 15.0. The van der Waals surface area contributed by atoms with Crippen LogP contribution in [0.1, 0.15) is 33.1 Å². The molecule has 2 fully saturated rings. The highest BCUT2D eigenvalue weighted by molar-refractivity contribution is 5.88. The van der Waals surface area contributed by atoms with E-state index in [1.54, 1.807) is 11.8 Å². The zero-order valence-electron chi connectivity index (χ0n) is 23.1. The molecule has 0 aromatic carbocycles. The first-order valence-electron chi connectivity index (χ1n) is 13.1. The van der Waals surface area contributed by atoms with E-state index in [2.05, 4.69) is 35.5 Å². The number of piperidine rings is 2. The number of nitrogens with zero attached hydrogens (tertiary/aromatic N) is 7. The van der Waals surface area contributed by atoms with Gasteiger partial charge in [0.1, 0.15) is 17.5 Å². The van der Waals surface area contributed by atoms with Crippen LogP contribution >= 0.6 is 0 Å². The van der Waals surface area contributed by atoms with E-state index in [1.165, 1.54) is 31.7 Å². The molecule has 13 nitrogen and oxygen atoms in total. The van der Waals surface area contributed by atoms with Crippen molar-refractivity contribution in [3.8, 4) is 5.88 Å². The van der Waals surface area contributed by atoms with Gasteiger partial charge in [-0.15, -0.1) is 0 Å². The number of likely N-dealkylation sites (N-methyl/N-ethyl adjacent to an activating group) is 1. The number of hydrogen-bond acceptors (Lipinski definition) is 10. The number of alkyl halides is 2. The fourth-order valence-corrected chi connectivity index (χ4v) is 4.53. The summed E-state index contributed by atoms with van der Waals surface area (Å²) in [5, 5.41) is 5.10. The van der Waals surface area contributed by atoms with Gasteiger partial charge in [0.2, 0.25) is 11.8 Å². The number of nitrogens with one attached hydrogen (secondary N) is 2. The van der Waals surface area contributed by atoms with Gasteiger partial charge in [-0.25, -0.2) is 33.3 Å². The van der Waals surface area contributed by atoms with Gasteiger partial charge in [-0.2, -0.15) is 4.98 Å². The lowest BCUT2D eigenvalue weighted by Gasteiger charge is -2.42. The lowest BCUT2D eigenvalue weighted by atomic mass is 9.94. The van der Waals surface area contributed by atoms with Crippen LogP contribution in [0.25, 0.3) is 0 Å². The maximum Gasteiger partial charge on any atom is 0.413 e. The van der Waals surface area contributed by atoms with Crippen molar-refractivity contribution in [1.29, 1.82) is 0 Å².